The molecule has 0 nitrogen and oxygen atoms in total. The minimum Gasteiger partial charge on any atom is -0.0996 e. The highest BCUT2D eigenvalue weighted by molar-refractivity contribution is 5.16. The van der Waals surface area contributed by atoms with Crippen LogP contribution >= 0.6 is 0 Å². The molecule has 2 fully saturated rings. The van der Waals surface area contributed by atoms with Crippen molar-refractivity contribution in [1.82, 2.24) is 0 Å². The zero-order valence-corrected chi connectivity index (χ0v) is 6.11. The highest BCUT2D eigenvalue weighted by Crippen LogP contribution is 2.55. The van der Waals surface area contributed by atoms with Crippen molar-refractivity contribution in [3.63, 3.8) is 0 Å². The number of fused-ring (bicyclic) bond motifs is 2. The number of hydrogen-bond donors (Lipinski definition) is 0. The fourth-order valence-corrected chi connectivity index (χ4v) is 2.52. The van der Waals surface area contributed by atoms with Crippen molar-refractivity contribution in [2.45, 2.75) is 32.6 Å². The van der Waals surface area contributed by atoms with Crippen LogP contribution in [-0.4, -0.2) is 0 Å². The summed E-state index contributed by atoms with van der Waals surface area (Å²) in [6, 6.07) is 0. The van der Waals surface area contributed by atoms with Gasteiger partial charge in [0, 0.05) is 0 Å². The van der Waals surface area contributed by atoms with Crippen LogP contribution in [0.25, 0.3) is 0 Å². The van der Waals surface area contributed by atoms with Crippen molar-refractivity contribution in [2.75, 3.05) is 0 Å². The Bertz CT molecular complexity index is 157. The molecule has 0 heterocycles. The third-order valence-corrected chi connectivity index (χ3v) is 3.07. The topological polar surface area (TPSA) is 0 Å². The first-order valence-electron chi connectivity index (χ1n) is 3.87. The Kier molecular flexibility index (Phi) is 0.870. The highest BCUT2D eigenvalue weighted by Gasteiger charge is 2.43. The largest absolute Gasteiger partial charge is 0.0996 e. The molecule has 0 aromatic rings. The minimum atomic E-state index is 0.682. The maximum Gasteiger partial charge on any atom is -0.0200 e. The first-order chi connectivity index (χ1) is 4.20. The average Bonchev–Trinajstić information content (AvgIpc) is 2.20. The lowest BCUT2D eigenvalue weighted by Gasteiger charge is -2.20. The third-order valence-electron chi connectivity index (χ3n) is 3.07. The summed E-state index contributed by atoms with van der Waals surface area (Å²) in [4.78, 5) is 0. The Labute approximate surface area is 57.0 Å². The molecule has 0 aliphatic heterocycles. The van der Waals surface area contributed by atoms with Crippen molar-refractivity contribution in [3.05, 3.63) is 12.2 Å². The van der Waals surface area contributed by atoms with Gasteiger partial charge in [-0.3, -0.25) is 0 Å². The number of allylic oxidation sites excluding steroid dienone is 1. The normalized spacial score (nSPS) is 48.6. The van der Waals surface area contributed by atoms with Crippen LogP contribution in [-0.2, 0) is 0 Å². The molecule has 2 aliphatic rings. The Balaban J connectivity index is 2.28. The fourth-order valence-electron chi connectivity index (χ4n) is 2.52. The molecule has 2 rings (SSSR count). The Hall–Kier alpha value is -0.260. The summed E-state index contributed by atoms with van der Waals surface area (Å²) in [6.45, 7) is 6.49. The zero-order chi connectivity index (χ0) is 6.48. The van der Waals surface area contributed by atoms with Crippen LogP contribution in [0.15, 0.2) is 12.2 Å². The van der Waals surface area contributed by atoms with Gasteiger partial charge in [-0.2, -0.15) is 0 Å². The molecule has 2 aliphatic carbocycles. The van der Waals surface area contributed by atoms with Crippen LogP contribution in [0.3, 0.4) is 0 Å². The van der Waals surface area contributed by atoms with Gasteiger partial charge in [0.1, 0.15) is 0 Å². The fraction of sp³-hybridized carbons (Fsp3) is 0.778. The van der Waals surface area contributed by atoms with Gasteiger partial charge < -0.3 is 0 Å². The Morgan fingerprint density at radius 1 is 1.67 bits per heavy atom. The molecule has 0 aromatic heterocycles. The molecule has 0 saturated heterocycles. The van der Waals surface area contributed by atoms with Gasteiger partial charge in [0.2, 0.25) is 0 Å². The van der Waals surface area contributed by atoms with Gasteiger partial charge in [0.15, 0.2) is 0 Å². The SMILES string of the molecule is C=C1CC2(C)CCC1C2. The van der Waals surface area contributed by atoms with E-state index in [2.05, 4.69) is 13.5 Å². The molecule has 2 atom stereocenters. The summed E-state index contributed by atoms with van der Waals surface area (Å²) in [5.74, 6) is 0.912. The maximum atomic E-state index is 4.08. The second-order valence-corrected chi connectivity index (χ2v) is 4.09. The van der Waals surface area contributed by atoms with Gasteiger partial charge >= 0.3 is 0 Å². The van der Waals surface area contributed by atoms with Gasteiger partial charge in [-0.25, -0.2) is 0 Å². The van der Waals surface area contributed by atoms with Gasteiger partial charge in [0.05, 0.1) is 0 Å². The van der Waals surface area contributed by atoms with Crippen LogP contribution in [0.2, 0.25) is 0 Å². The molecule has 0 aromatic carbocycles. The summed E-state index contributed by atoms with van der Waals surface area (Å²) in [5.41, 5.74) is 2.21. The lowest BCUT2D eigenvalue weighted by Crippen LogP contribution is -2.07. The summed E-state index contributed by atoms with van der Waals surface area (Å²) < 4.78 is 0. The minimum absolute atomic E-state index is 0.682. The van der Waals surface area contributed by atoms with E-state index in [9.17, 15) is 0 Å². The lowest BCUT2D eigenvalue weighted by molar-refractivity contribution is 0.357. The Morgan fingerprint density at radius 2 is 2.44 bits per heavy atom. The van der Waals surface area contributed by atoms with E-state index >= 15 is 0 Å². The first kappa shape index (κ1) is 5.52. The van der Waals surface area contributed by atoms with E-state index in [4.69, 9.17) is 0 Å². The van der Waals surface area contributed by atoms with Crippen molar-refractivity contribution in [2.24, 2.45) is 11.3 Å². The van der Waals surface area contributed by atoms with Crippen LogP contribution < -0.4 is 0 Å². The molecule has 0 radical (unpaired) electrons. The van der Waals surface area contributed by atoms with Crippen molar-refractivity contribution < 1.29 is 0 Å². The molecule has 2 saturated carbocycles. The van der Waals surface area contributed by atoms with Gasteiger partial charge in [-0.1, -0.05) is 19.1 Å². The summed E-state index contributed by atoms with van der Waals surface area (Å²) >= 11 is 0. The number of hydrogen-bond acceptors (Lipinski definition) is 0. The average molecular weight is 122 g/mol. The molecule has 2 bridgehead atoms. The van der Waals surface area contributed by atoms with Crippen LogP contribution in [0, 0.1) is 11.3 Å². The standard InChI is InChI=1S/C9H14/c1-7-5-9(2)4-3-8(7)6-9/h8H,1,3-6H2,2H3. The van der Waals surface area contributed by atoms with Crippen LogP contribution in [0.4, 0.5) is 0 Å². The van der Waals surface area contributed by atoms with E-state index in [1.54, 1.807) is 0 Å². The lowest BCUT2D eigenvalue weighted by atomic mass is 9.85. The monoisotopic (exact) mass is 122 g/mol. The van der Waals surface area contributed by atoms with Crippen LogP contribution in [0.1, 0.15) is 32.6 Å². The predicted molar refractivity (Wildman–Crippen MR) is 39.2 cm³/mol. The van der Waals surface area contributed by atoms with Gasteiger partial charge in [0.25, 0.3) is 0 Å². The molecular weight excluding hydrogens is 108 g/mol. The van der Waals surface area contributed by atoms with Crippen molar-refractivity contribution in [3.8, 4) is 0 Å². The Morgan fingerprint density at radius 3 is 2.67 bits per heavy atom. The molecule has 0 N–H and O–H groups in total. The van der Waals surface area contributed by atoms with Crippen molar-refractivity contribution in [1.29, 1.82) is 0 Å². The van der Waals surface area contributed by atoms with E-state index in [-0.39, 0.29) is 0 Å². The molecule has 2 unspecified atom stereocenters. The summed E-state index contributed by atoms with van der Waals surface area (Å²) in [6.07, 6.45) is 5.63. The quantitative estimate of drug-likeness (QED) is 0.433. The smallest absolute Gasteiger partial charge is 0.0200 e. The van der Waals surface area contributed by atoms with Crippen molar-refractivity contribution >= 4 is 0 Å². The van der Waals surface area contributed by atoms with E-state index in [0.29, 0.717) is 5.41 Å². The summed E-state index contributed by atoms with van der Waals surface area (Å²) in [5, 5.41) is 0. The van der Waals surface area contributed by atoms with Gasteiger partial charge in [-0.05, 0) is 37.0 Å². The highest BCUT2D eigenvalue weighted by atomic mass is 14.5. The second kappa shape index (κ2) is 1.42. The molecule has 9 heavy (non-hydrogen) atoms. The van der Waals surface area contributed by atoms with E-state index < -0.39 is 0 Å². The van der Waals surface area contributed by atoms with Gasteiger partial charge in [-0.15, -0.1) is 0 Å². The van der Waals surface area contributed by atoms with Crippen LogP contribution in [0.5, 0.6) is 0 Å². The van der Waals surface area contributed by atoms with E-state index in [1.165, 1.54) is 31.3 Å². The summed E-state index contributed by atoms with van der Waals surface area (Å²) in [7, 11) is 0. The first-order valence-corrected chi connectivity index (χ1v) is 3.87. The van der Waals surface area contributed by atoms with E-state index in [1.807, 2.05) is 0 Å². The molecule has 0 amide bonds. The second-order valence-electron chi connectivity index (χ2n) is 4.09. The number of rotatable bonds is 0. The third kappa shape index (κ3) is 0.654. The molecule has 0 heteroatoms. The van der Waals surface area contributed by atoms with E-state index in [0.717, 1.165) is 5.92 Å². The molecule has 50 valence electrons. The zero-order valence-electron chi connectivity index (χ0n) is 6.11. The maximum absolute atomic E-state index is 4.08. The molecular formula is C9H14. The predicted octanol–water partition coefficient (Wildman–Crippen LogP) is 2.75. The molecule has 0 spiro atoms.